The van der Waals surface area contributed by atoms with Crippen LogP contribution in [0, 0.1) is 5.92 Å². The molecule has 0 atom stereocenters. The van der Waals surface area contributed by atoms with Crippen molar-refractivity contribution in [2.24, 2.45) is 5.92 Å². The highest BCUT2D eigenvalue weighted by molar-refractivity contribution is 7.92. The Bertz CT molecular complexity index is 588. The fraction of sp³-hybridized carbons (Fsp3) is 0.500. The van der Waals surface area contributed by atoms with Crippen molar-refractivity contribution in [3.05, 3.63) is 29.3 Å². The van der Waals surface area contributed by atoms with Gasteiger partial charge in [-0.1, -0.05) is 37.6 Å². The van der Waals surface area contributed by atoms with Crippen LogP contribution in [-0.4, -0.2) is 33.7 Å². The highest BCUT2D eigenvalue weighted by Crippen LogP contribution is 2.26. The minimum absolute atomic E-state index is 0.277. The number of rotatable bonds is 7. The van der Waals surface area contributed by atoms with Gasteiger partial charge in [-0.15, -0.1) is 0 Å². The number of hydrogen-bond acceptors (Lipinski definition) is 3. The zero-order valence-electron chi connectivity index (χ0n) is 12.5. The van der Waals surface area contributed by atoms with Crippen LogP contribution >= 0.6 is 11.6 Å². The van der Waals surface area contributed by atoms with Crippen LogP contribution < -0.4 is 9.62 Å². The summed E-state index contributed by atoms with van der Waals surface area (Å²) in [5.74, 6) is 0.126. The lowest BCUT2D eigenvalue weighted by atomic mass is 10.1. The Morgan fingerprint density at radius 3 is 2.48 bits per heavy atom. The number of sulfonamides is 1. The molecule has 0 saturated heterocycles. The highest BCUT2D eigenvalue weighted by atomic mass is 35.5. The smallest absolute Gasteiger partial charge is 0.240 e. The molecule has 0 bridgehead atoms. The minimum Gasteiger partial charge on any atom is -0.355 e. The molecule has 0 aliphatic carbocycles. The highest BCUT2D eigenvalue weighted by Gasteiger charge is 2.22. The molecule has 5 nitrogen and oxygen atoms in total. The third-order valence-electron chi connectivity index (χ3n) is 2.85. The van der Waals surface area contributed by atoms with Gasteiger partial charge in [0, 0.05) is 6.54 Å². The largest absolute Gasteiger partial charge is 0.355 e. The van der Waals surface area contributed by atoms with Crippen molar-refractivity contribution in [1.29, 1.82) is 0 Å². The van der Waals surface area contributed by atoms with Crippen LogP contribution in [0.4, 0.5) is 5.69 Å². The van der Waals surface area contributed by atoms with Crippen LogP contribution in [0.3, 0.4) is 0 Å². The van der Waals surface area contributed by atoms with Gasteiger partial charge < -0.3 is 5.32 Å². The molecule has 0 spiro atoms. The van der Waals surface area contributed by atoms with Crippen molar-refractivity contribution in [1.82, 2.24) is 5.32 Å². The molecule has 0 radical (unpaired) electrons. The maximum absolute atomic E-state index is 11.9. The Morgan fingerprint density at radius 1 is 1.33 bits per heavy atom. The first kappa shape index (κ1) is 17.8. The zero-order valence-corrected chi connectivity index (χ0v) is 14.0. The van der Waals surface area contributed by atoms with E-state index in [0.717, 1.165) is 17.0 Å². The molecule has 0 unspecified atom stereocenters. The average Bonchev–Trinajstić information content (AvgIpc) is 2.35. The average molecular weight is 333 g/mol. The van der Waals surface area contributed by atoms with E-state index in [4.69, 9.17) is 11.6 Å². The summed E-state index contributed by atoms with van der Waals surface area (Å²) < 4.78 is 24.8. The lowest BCUT2D eigenvalue weighted by Crippen LogP contribution is -2.40. The molecule has 0 saturated carbocycles. The molecule has 1 N–H and O–H groups in total. The number of amides is 1. The molecular weight excluding hydrogens is 312 g/mol. The van der Waals surface area contributed by atoms with Gasteiger partial charge in [0.1, 0.15) is 6.54 Å². The van der Waals surface area contributed by atoms with E-state index < -0.39 is 10.0 Å². The fourth-order valence-electron chi connectivity index (χ4n) is 1.72. The molecule has 0 aliphatic rings. The van der Waals surface area contributed by atoms with E-state index in [2.05, 4.69) is 19.2 Å². The second kappa shape index (κ2) is 7.66. The van der Waals surface area contributed by atoms with Crippen molar-refractivity contribution in [2.75, 3.05) is 23.7 Å². The predicted molar refractivity (Wildman–Crippen MR) is 86.1 cm³/mol. The minimum atomic E-state index is -3.59. The van der Waals surface area contributed by atoms with Gasteiger partial charge >= 0.3 is 0 Å². The van der Waals surface area contributed by atoms with Crippen LogP contribution in [0.25, 0.3) is 0 Å². The van der Waals surface area contributed by atoms with Crippen LogP contribution in [0.5, 0.6) is 0 Å². The quantitative estimate of drug-likeness (QED) is 0.833. The van der Waals surface area contributed by atoms with Crippen molar-refractivity contribution < 1.29 is 13.2 Å². The van der Waals surface area contributed by atoms with E-state index in [1.165, 1.54) is 0 Å². The van der Waals surface area contributed by atoms with Crippen LogP contribution in [0.1, 0.15) is 20.3 Å². The second-order valence-electron chi connectivity index (χ2n) is 5.25. The first-order chi connectivity index (χ1) is 9.71. The van der Waals surface area contributed by atoms with Crippen molar-refractivity contribution in [3.63, 3.8) is 0 Å². The Balaban J connectivity index is 2.82. The number of halogens is 1. The maximum Gasteiger partial charge on any atom is 0.240 e. The van der Waals surface area contributed by atoms with Crippen molar-refractivity contribution in [3.8, 4) is 0 Å². The van der Waals surface area contributed by atoms with Gasteiger partial charge in [-0.05, 0) is 24.5 Å². The van der Waals surface area contributed by atoms with E-state index in [9.17, 15) is 13.2 Å². The molecule has 7 heteroatoms. The Kier molecular flexibility index (Phi) is 6.48. The molecule has 1 amide bonds. The Morgan fingerprint density at radius 2 is 1.95 bits per heavy atom. The standard InChI is InChI=1S/C14H21ClN2O3S/c1-11(2)8-9-16-14(18)10-17(21(3,19)20)13-7-5-4-6-12(13)15/h4-7,11H,8-10H2,1-3H3,(H,16,18). The number of benzene rings is 1. The molecule has 1 aromatic rings. The lowest BCUT2D eigenvalue weighted by Gasteiger charge is -2.22. The van der Waals surface area contributed by atoms with Crippen LogP contribution in [0.15, 0.2) is 24.3 Å². The number of hydrogen-bond donors (Lipinski definition) is 1. The van der Waals surface area contributed by atoms with Gasteiger partial charge in [-0.3, -0.25) is 9.10 Å². The summed E-state index contributed by atoms with van der Waals surface area (Å²) in [5.41, 5.74) is 0.306. The molecule has 1 aromatic carbocycles. The lowest BCUT2D eigenvalue weighted by molar-refractivity contribution is -0.119. The predicted octanol–water partition coefficient (Wildman–Crippen LogP) is 2.27. The Labute approximate surface area is 131 Å². The number of carbonyl (C=O) groups is 1. The summed E-state index contributed by atoms with van der Waals surface area (Å²) >= 11 is 6.02. The van der Waals surface area contributed by atoms with Crippen LogP contribution in [0.2, 0.25) is 5.02 Å². The summed E-state index contributed by atoms with van der Waals surface area (Å²) in [6, 6.07) is 6.54. The number of para-hydroxylation sites is 1. The topological polar surface area (TPSA) is 66.5 Å². The molecule has 1 rings (SSSR count). The summed E-state index contributed by atoms with van der Waals surface area (Å²) in [6.45, 7) is 4.36. The van der Waals surface area contributed by atoms with Gasteiger partial charge in [0.15, 0.2) is 0 Å². The van der Waals surface area contributed by atoms with E-state index in [1.807, 2.05) is 0 Å². The zero-order chi connectivity index (χ0) is 16.0. The van der Waals surface area contributed by atoms with Crippen LogP contribution in [-0.2, 0) is 14.8 Å². The maximum atomic E-state index is 11.9. The summed E-state index contributed by atoms with van der Waals surface area (Å²) in [6.07, 6.45) is 1.90. The monoisotopic (exact) mass is 332 g/mol. The van der Waals surface area contributed by atoms with Gasteiger partial charge in [-0.25, -0.2) is 8.42 Å². The van der Waals surface area contributed by atoms with Gasteiger partial charge in [-0.2, -0.15) is 0 Å². The van der Waals surface area contributed by atoms with E-state index in [1.54, 1.807) is 24.3 Å². The third kappa shape index (κ3) is 5.93. The van der Waals surface area contributed by atoms with Gasteiger partial charge in [0.05, 0.1) is 17.0 Å². The number of nitrogens with one attached hydrogen (secondary N) is 1. The molecule has 0 fully saturated rings. The summed E-state index contributed by atoms with van der Waals surface area (Å²) in [4.78, 5) is 11.9. The third-order valence-corrected chi connectivity index (χ3v) is 4.30. The Hall–Kier alpha value is -1.27. The van der Waals surface area contributed by atoms with Crippen molar-refractivity contribution >= 4 is 33.2 Å². The normalized spacial score (nSPS) is 11.5. The molecule has 118 valence electrons. The van der Waals surface area contributed by atoms with Crippen molar-refractivity contribution in [2.45, 2.75) is 20.3 Å². The first-order valence-electron chi connectivity index (χ1n) is 6.70. The molecule has 0 aliphatic heterocycles. The number of nitrogens with zero attached hydrogens (tertiary/aromatic N) is 1. The number of anilines is 1. The molecule has 0 aromatic heterocycles. The van der Waals surface area contributed by atoms with E-state index >= 15 is 0 Å². The van der Waals surface area contributed by atoms with Gasteiger partial charge in [0.25, 0.3) is 0 Å². The molecule has 21 heavy (non-hydrogen) atoms. The first-order valence-corrected chi connectivity index (χ1v) is 8.93. The van der Waals surface area contributed by atoms with E-state index in [0.29, 0.717) is 18.2 Å². The summed E-state index contributed by atoms with van der Waals surface area (Å²) in [5, 5.41) is 3.01. The number of carbonyl (C=O) groups excluding carboxylic acids is 1. The summed E-state index contributed by atoms with van der Waals surface area (Å²) in [7, 11) is -3.59. The fourth-order valence-corrected chi connectivity index (χ4v) is 2.88. The molecule has 0 heterocycles. The molecular formula is C14H21ClN2O3S. The second-order valence-corrected chi connectivity index (χ2v) is 7.57. The van der Waals surface area contributed by atoms with Gasteiger partial charge in [0.2, 0.25) is 15.9 Å². The SMILES string of the molecule is CC(C)CCNC(=O)CN(c1ccccc1Cl)S(C)(=O)=O. The van der Waals surface area contributed by atoms with E-state index in [-0.39, 0.29) is 17.5 Å².